The number of carbonyl (C=O) groups excluding carboxylic acids is 1. The van der Waals surface area contributed by atoms with Crippen LogP contribution in [0.1, 0.15) is 15.9 Å². The second-order valence-corrected chi connectivity index (χ2v) is 4.89. The summed E-state index contributed by atoms with van der Waals surface area (Å²) in [5.74, 6) is -0.220. The summed E-state index contributed by atoms with van der Waals surface area (Å²) in [6.45, 7) is 0.0248. The van der Waals surface area contributed by atoms with E-state index in [4.69, 9.17) is 4.74 Å². The lowest BCUT2D eigenvalue weighted by Gasteiger charge is -2.10. The van der Waals surface area contributed by atoms with Crippen LogP contribution in [-0.4, -0.2) is 11.2 Å². The van der Waals surface area contributed by atoms with Gasteiger partial charge < -0.3 is 4.74 Å². The van der Waals surface area contributed by atoms with E-state index in [1.165, 1.54) is 24.3 Å². The van der Waals surface area contributed by atoms with Gasteiger partial charge in [-0.15, -0.1) is 0 Å². The molecule has 0 N–H and O–H groups in total. The molecule has 0 aromatic heterocycles. The zero-order chi connectivity index (χ0) is 15.4. The highest BCUT2D eigenvalue weighted by Gasteiger charge is 2.12. The first-order valence-corrected chi connectivity index (χ1v) is 6.61. The van der Waals surface area contributed by atoms with E-state index in [0.29, 0.717) is 11.8 Å². The molecule has 2 aromatic rings. The van der Waals surface area contributed by atoms with Crippen LogP contribution in [0.3, 0.4) is 0 Å². The van der Waals surface area contributed by atoms with Gasteiger partial charge in [0, 0.05) is 17.7 Å². The van der Waals surface area contributed by atoms with E-state index in [9.17, 15) is 19.3 Å². The summed E-state index contributed by atoms with van der Waals surface area (Å²) >= 11 is 3.11. The average Bonchev–Trinajstić information content (AvgIpc) is 2.48. The zero-order valence-electron chi connectivity index (χ0n) is 10.6. The van der Waals surface area contributed by atoms with Gasteiger partial charge in [0.2, 0.25) is 0 Å². The van der Waals surface area contributed by atoms with Crippen molar-refractivity contribution >= 4 is 27.9 Å². The Morgan fingerprint density at radius 2 is 2.10 bits per heavy atom. The van der Waals surface area contributed by atoms with Gasteiger partial charge in [-0.1, -0.05) is 12.1 Å². The molecule has 0 amide bonds. The number of nitrogens with zero attached hydrogens (tertiary/aromatic N) is 1. The van der Waals surface area contributed by atoms with Gasteiger partial charge in [0.25, 0.3) is 5.69 Å². The minimum absolute atomic E-state index is 0.0248. The van der Waals surface area contributed by atoms with Gasteiger partial charge in [-0.2, -0.15) is 0 Å². The molecule has 0 heterocycles. The number of benzene rings is 2. The van der Waals surface area contributed by atoms with Gasteiger partial charge in [0.05, 0.1) is 15.0 Å². The predicted molar refractivity (Wildman–Crippen MR) is 76.9 cm³/mol. The fourth-order valence-electron chi connectivity index (χ4n) is 1.69. The molecule has 0 aliphatic carbocycles. The molecule has 0 fully saturated rings. The first kappa shape index (κ1) is 15.1. The van der Waals surface area contributed by atoms with Crippen molar-refractivity contribution in [1.82, 2.24) is 0 Å². The molecule has 0 saturated carbocycles. The second kappa shape index (κ2) is 6.45. The first-order chi connectivity index (χ1) is 10.0. The van der Waals surface area contributed by atoms with Crippen LogP contribution in [0, 0.1) is 15.9 Å². The molecule has 0 spiro atoms. The van der Waals surface area contributed by atoms with Crippen molar-refractivity contribution in [3.63, 3.8) is 0 Å². The first-order valence-electron chi connectivity index (χ1n) is 5.82. The lowest BCUT2D eigenvalue weighted by Crippen LogP contribution is -2.01. The van der Waals surface area contributed by atoms with Gasteiger partial charge in [-0.25, -0.2) is 4.39 Å². The van der Waals surface area contributed by atoms with Crippen LogP contribution in [0.2, 0.25) is 0 Å². The average molecular weight is 354 g/mol. The van der Waals surface area contributed by atoms with Crippen molar-refractivity contribution < 1.29 is 18.8 Å². The summed E-state index contributed by atoms with van der Waals surface area (Å²) in [7, 11) is 0. The number of hydrogen-bond donors (Lipinski definition) is 0. The number of carbonyl (C=O) groups is 1. The number of hydrogen-bond acceptors (Lipinski definition) is 4. The zero-order valence-corrected chi connectivity index (χ0v) is 12.2. The van der Waals surface area contributed by atoms with E-state index < -0.39 is 10.7 Å². The lowest BCUT2D eigenvalue weighted by atomic mass is 10.2. The minimum Gasteiger partial charge on any atom is -0.488 e. The maximum absolute atomic E-state index is 13.4. The third kappa shape index (κ3) is 3.43. The van der Waals surface area contributed by atoms with E-state index in [-0.39, 0.29) is 28.1 Å². The lowest BCUT2D eigenvalue weighted by molar-refractivity contribution is -0.384. The van der Waals surface area contributed by atoms with Crippen molar-refractivity contribution in [1.29, 1.82) is 0 Å². The van der Waals surface area contributed by atoms with Crippen LogP contribution in [0.25, 0.3) is 0 Å². The summed E-state index contributed by atoms with van der Waals surface area (Å²) in [6.07, 6.45) is 0.475. The molecule has 0 saturated heterocycles. The molecule has 0 aliphatic rings. The number of aldehydes is 1. The van der Waals surface area contributed by atoms with E-state index in [0.717, 1.165) is 6.07 Å². The summed E-state index contributed by atoms with van der Waals surface area (Å²) in [6, 6.07) is 8.21. The van der Waals surface area contributed by atoms with Crippen LogP contribution in [0.5, 0.6) is 5.75 Å². The monoisotopic (exact) mass is 353 g/mol. The Kier molecular flexibility index (Phi) is 4.64. The number of non-ortho nitro benzene ring substituents is 1. The molecular formula is C14H9BrFNO4. The van der Waals surface area contributed by atoms with Crippen molar-refractivity contribution in [2.24, 2.45) is 0 Å². The Morgan fingerprint density at radius 1 is 1.33 bits per heavy atom. The molecule has 0 aliphatic heterocycles. The molecule has 0 radical (unpaired) electrons. The van der Waals surface area contributed by atoms with Gasteiger partial charge >= 0.3 is 0 Å². The molecule has 108 valence electrons. The number of ether oxygens (including phenoxy) is 1. The van der Waals surface area contributed by atoms with Crippen LogP contribution < -0.4 is 4.74 Å². The van der Waals surface area contributed by atoms with Crippen molar-refractivity contribution in [2.75, 3.05) is 0 Å². The normalized spacial score (nSPS) is 10.2. The second-order valence-electron chi connectivity index (χ2n) is 4.10. The number of rotatable bonds is 5. The van der Waals surface area contributed by atoms with Crippen LogP contribution in [0.15, 0.2) is 40.9 Å². The van der Waals surface area contributed by atoms with Crippen molar-refractivity contribution in [3.8, 4) is 5.75 Å². The predicted octanol–water partition coefficient (Wildman–Crippen LogP) is 3.89. The van der Waals surface area contributed by atoms with Gasteiger partial charge in [-0.05, 0) is 28.1 Å². The van der Waals surface area contributed by atoms with Crippen molar-refractivity contribution in [3.05, 3.63) is 67.9 Å². The highest BCUT2D eigenvalue weighted by molar-refractivity contribution is 9.10. The minimum atomic E-state index is -0.597. The van der Waals surface area contributed by atoms with Gasteiger partial charge in [0.15, 0.2) is 6.29 Å². The molecule has 2 rings (SSSR count). The molecular weight excluding hydrogens is 345 g/mol. The maximum atomic E-state index is 13.4. The van der Waals surface area contributed by atoms with E-state index in [1.807, 2.05) is 0 Å². The van der Waals surface area contributed by atoms with E-state index in [2.05, 4.69) is 15.9 Å². The van der Waals surface area contributed by atoms with Crippen LogP contribution in [0.4, 0.5) is 10.1 Å². The van der Waals surface area contributed by atoms with Crippen LogP contribution >= 0.6 is 15.9 Å². The quantitative estimate of drug-likeness (QED) is 0.464. The Bertz CT molecular complexity index is 705. The highest BCUT2D eigenvalue weighted by Crippen LogP contribution is 2.26. The third-order valence-electron chi connectivity index (χ3n) is 2.75. The highest BCUT2D eigenvalue weighted by atomic mass is 79.9. The smallest absolute Gasteiger partial charge is 0.270 e. The molecule has 7 heteroatoms. The fraction of sp³-hybridized carbons (Fsp3) is 0.0714. The number of halogens is 2. The Morgan fingerprint density at radius 3 is 2.76 bits per heavy atom. The number of nitro groups is 1. The topological polar surface area (TPSA) is 69.4 Å². The molecule has 5 nitrogen and oxygen atoms in total. The Labute approximate surface area is 127 Å². The molecule has 0 atom stereocenters. The number of nitro benzene ring substituents is 1. The largest absolute Gasteiger partial charge is 0.488 e. The Balaban J connectivity index is 2.22. The molecule has 0 unspecified atom stereocenters. The van der Waals surface area contributed by atoms with E-state index in [1.54, 1.807) is 6.07 Å². The summed E-state index contributed by atoms with van der Waals surface area (Å²) < 4.78 is 19.1. The fourth-order valence-corrected chi connectivity index (χ4v) is 2.07. The van der Waals surface area contributed by atoms with Gasteiger partial charge in [0.1, 0.15) is 18.2 Å². The summed E-state index contributed by atoms with van der Waals surface area (Å²) in [5.41, 5.74) is 0.429. The SMILES string of the molecule is O=Cc1cc([N+](=O)[O-])ccc1OCc1cccc(F)c1Br. The third-order valence-corrected chi connectivity index (χ3v) is 3.63. The Hall–Kier alpha value is -2.28. The molecule has 2 aromatic carbocycles. The van der Waals surface area contributed by atoms with Crippen LogP contribution in [-0.2, 0) is 6.61 Å². The summed E-state index contributed by atoms with van der Waals surface area (Å²) in [5, 5.41) is 10.6. The van der Waals surface area contributed by atoms with Crippen molar-refractivity contribution in [2.45, 2.75) is 6.61 Å². The standard InChI is InChI=1S/C14H9BrFNO4/c15-14-9(2-1-3-12(14)16)8-21-13-5-4-11(17(19)20)6-10(13)7-18/h1-7H,8H2. The molecule has 21 heavy (non-hydrogen) atoms. The van der Waals surface area contributed by atoms with E-state index >= 15 is 0 Å². The molecule has 0 bridgehead atoms. The maximum Gasteiger partial charge on any atom is 0.270 e. The summed E-state index contributed by atoms with van der Waals surface area (Å²) in [4.78, 5) is 21.0. The van der Waals surface area contributed by atoms with Gasteiger partial charge in [-0.3, -0.25) is 14.9 Å².